The highest BCUT2D eigenvalue weighted by Gasteiger charge is 2.21. The summed E-state index contributed by atoms with van der Waals surface area (Å²) in [5, 5.41) is 6.00. The number of carbonyl (C=O) groups is 2. The average molecular weight is 417 g/mol. The van der Waals surface area contributed by atoms with E-state index in [-0.39, 0.29) is 17.4 Å². The first kappa shape index (κ1) is 24.0. The van der Waals surface area contributed by atoms with E-state index in [2.05, 4.69) is 50.2 Å². The third-order valence-electron chi connectivity index (χ3n) is 5.38. The number of carbonyl (C=O) groups excluding carboxylic acids is 2. The number of anilines is 2. The van der Waals surface area contributed by atoms with Crippen molar-refractivity contribution in [3.05, 3.63) is 24.3 Å². The molecule has 0 spiro atoms. The van der Waals surface area contributed by atoms with E-state index < -0.39 is 0 Å². The van der Waals surface area contributed by atoms with Crippen LogP contribution < -0.4 is 15.5 Å². The first-order valence-electron chi connectivity index (χ1n) is 11.4. The van der Waals surface area contributed by atoms with Crippen LogP contribution in [0, 0.1) is 11.3 Å². The molecule has 0 aromatic heterocycles. The quantitative estimate of drug-likeness (QED) is 0.603. The van der Waals surface area contributed by atoms with Gasteiger partial charge in [-0.15, -0.1) is 0 Å². The zero-order valence-electron chi connectivity index (χ0n) is 19.5. The first-order valence-corrected chi connectivity index (χ1v) is 11.4. The lowest BCUT2D eigenvalue weighted by Crippen LogP contribution is -2.52. The maximum absolute atomic E-state index is 12.3. The summed E-state index contributed by atoms with van der Waals surface area (Å²) in [6, 6.07) is 8.06. The van der Waals surface area contributed by atoms with Gasteiger partial charge in [-0.3, -0.25) is 4.79 Å². The van der Waals surface area contributed by atoms with Crippen LogP contribution in [0.2, 0.25) is 0 Å². The Morgan fingerprint density at radius 2 is 1.70 bits per heavy atom. The van der Waals surface area contributed by atoms with Crippen molar-refractivity contribution < 1.29 is 9.59 Å². The minimum Gasteiger partial charge on any atom is -0.368 e. The molecule has 2 N–H and O–H groups in total. The highest BCUT2D eigenvalue weighted by molar-refractivity contribution is 5.91. The molecule has 1 saturated heterocycles. The predicted octanol–water partition coefficient (Wildman–Crippen LogP) is 4.72. The van der Waals surface area contributed by atoms with Crippen molar-refractivity contribution in [3.63, 3.8) is 0 Å². The van der Waals surface area contributed by atoms with Gasteiger partial charge in [0, 0.05) is 50.5 Å². The van der Waals surface area contributed by atoms with E-state index >= 15 is 0 Å². The van der Waals surface area contributed by atoms with Gasteiger partial charge in [0.25, 0.3) is 0 Å². The van der Waals surface area contributed by atoms with Crippen LogP contribution in [0.4, 0.5) is 16.2 Å². The summed E-state index contributed by atoms with van der Waals surface area (Å²) in [5.41, 5.74) is 2.20. The number of nitrogens with one attached hydrogen (secondary N) is 2. The average Bonchev–Trinajstić information content (AvgIpc) is 2.67. The zero-order valence-corrected chi connectivity index (χ0v) is 19.5. The molecule has 0 radical (unpaired) electrons. The van der Waals surface area contributed by atoms with E-state index in [0.29, 0.717) is 12.3 Å². The SMILES string of the molecule is CCCCNC(=O)N1CCN(c2ccc(NC(=O)CC(C)CC(C)(C)C)cc2)CC1. The van der Waals surface area contributed by atoms with Gasteiger partial charge in [-0.25, -0.2) is 4.79 Å². The van der Waals surface area contributed by atoms with E-state index in [0.717, 1.165) is 63.4 Å². The van der Waals surface area contributed by atoms with Crippen molar-refractivity contribution in [1.82, 2.24) is 10.2 Å². The number of unbranched alkanes of at least 4 members (excludes halogenated alkanes) is 1. The Bertz CT molecular complexity index is 673. The molecule has 1 aliphatic heterocycles. The fourth-order valence-corrected chi connectivity index (χ4v) is 4.05. The van der Waals surface area contributed by atoms with Gasteiger partial charge in [-0.1, -0.05) is 41.0 Å². The molecule has 1 aliphatic rings. The molecule has 30 heavy (non-hydrogen) atoms. The molecule has 2 rings (SSSR count). The number of hydrogen-bond acceptors (Lipinski definition) is 3. The van der Waals surface area contributed by atoms with Crippen molar-refractivity contribution in [3.8, 4) is 0 Å². The van der Waals surface area contributed by atoms with Gasteiger partial charge < -0.3 is 20.4 Å². The van der Waals surface area contributed by atoms with Crippen molar-refractivity contribution in [1.29, 1.82) is 0 Å². The molecule has 1 aromatic rings. The Hall–Kier alpha value is -2.24. The number of urea groups is 1. The highest BCUT2D eigenvalue weighted by atomic mass is 16.2. The van der Waals surface area contributed by atoms with Gasteiger partial charge in [0.1, 0.15) is 0 Å². The number of nitrogens with zero attached hydrogens (tertiary/aromatic N) is 2. The monoisotopic (exact) mass is 416 g/mol. The molecular formula is C24H40N4O2. The smallest absolute Gasteiger partial charge is 0.317 e. The molecular weight excluding hydrogens is 376 g/mol. The fraction of sp³-hybridized carbons (Fsp3) is 0.667. The third kappa shape index (κ3) is 8.25. The lowest BCUT2D eigenvalue weighted by molar-refractivity contribution is -0.117. The number of piperazine rings is 1. The van der Waals surface area contributed by atoms with E-state index in [9.17, 15) is 9.59 Å². The molecule has 0 saturated carbocycles. The van der Waals surface area contributed by atoms with E-state index in [4.69, 9.17) is 0 Å². The fourth-order valence-electron chi connectivity index (χ4n) is 4.05. The summed E-state index contributed by atoms with van der Waals surface area (Å²) in [4.78, 5) is 28.7. The zero-order chi connectivity index (χ0) is 22.1. The Kier molecular flexibility index (Phi) is 9.00. The van der Waals surface area contributed by atoms with Crippen molar-refractivity contribution in [2.24, 2.45) is 11.3 Å². The minimum absolute atomic E-state index is 0.0434. The molecule has 3 amide bonds. The van der Waals surface area contributed by atoms with Crippen molar-refractivity contribution in [2.45, 2.75) is 60.3 Å². The van der Waals surface area contributed by atoms with Gasteiger partial charge in [0.2, 0.25) is 5.91 Å². The van der Waals surface area contributed by atoms with Crippen LogP contribution in [-0.2, 0) is 4.79 Å². The molecule has 168 valence electrons. The first-order chi connectivity index (χ1) is 14.2. The summed E-state index contributed by atoms with van der Waals surface area (Å²) in [5.74, 6) is 0.432. The Balaban J connectivity index is 1.78. The number of hydrogen-bond donors (Lipinski definition) is 2. The summed E-state index contributed by atoms with van der Waals surface area (Å²) in [6.07, 6.45) is 3.67. The molecule has 1 fully saturated rings. The molecule has 0 bridgehead atoms. The van der Waals surface area contributed by atoms with Crippen molar-refractivity contribution >= 4 is 23.3 Å². The lowest BCUT2D eigenvalue weighted by Gasteiger charge is -2.36. The Labute approximate surface area is 182 Å². The van der Waals surface area contributed by atoms with E-state index in [1.165, 1.54) is 0 Å². The molecule has 6 heteroatoms. The van der Waals surface area contributed by atoms with Gasteiger partial charge in [-0.2, -0.15) is 0 Å². The molecule has 1 atom stereocenters. The topological polar surface area (TPSA) is 64.7 Å². The van der Waals surface area contributed by atoms with Gasteiger partial charge in [0.15, 0.2) is 0 Å². The van der Waals surface area contributed by atoms with E-state index in [1.807, 2.05) is 29.2 Å². The van der Waals surface area contributed by atoms with Gasteiger partial charge in [-0.05, 0) is 48.4 Å². The summed E-state index contributed by atoms with van der Waals surface area (Å²) in [6.45, 7) is 14.7. The standard InChI is InChI=1S/C24H40N4O2/c1-6-7-12-25-23(30)28-15-13-27(14-16-28)21-10-8-20(9-11-21)26-22(29)17-19(2)18-24(3,4)5/h8-11,19H,6-7,12-18H2,1-5H3,(H,25,30)(H,26,29). The second-order valence-corrected chi connectivity index (χ2v) is 9.73. The Morgan fingerprint density at radius 3 is 2.27 bits per heavy atom. The van der Waals surface area contributed by atoms with Crippen LogP contribution in [0.3, 0.4) is 0 Å². The third-order valence-corrected chi connectivity index (χ3v) is 5.38. The Morgan fingerprint density at radius 1 is 1.07 bits per heavy atom. The normalized spacial score (nSPS) is 15.6. The van der Waals surface area contributed by atoms with Crippen LogP contribution in [0.1, 0.15) is 60.3 Å². The van der Waals surface area contributed by atoms with Crippen molar-refractivity contribution in [2.75, 3.05) is 42.9 Å². The summed E-state index contributed by atoms with van der Waals surface area (Å²) < 4.78 is 0. The summed E-state index contributed by atoms with van der Waals surface area (Å²) in [7, 11) is 0. The highest BCUT2D eigenvalue weighted by Crippen LogP contribution is 2.26. The van der Waals surface area contributed by atoms with Crippen LogP contribution in [-0.4, -0.2) is 49.6 Å². The van der Waals surface area contributed by atoms with Gasteiger partial charge in [0.05, 0.1) is 0 Å². The molecule has 1 aromatic carbocycles. The molecule has 1 unspecified atom stereocenters. The number of amides is 3. The maximum Gasteiger partial charge on any atom is 0.317 e. The van der Waals surface area contributed by atoms with Crippen LogP contribution in [0.15, 0.2) is 24.3 Å². The minimum atomic E-state index is 0.0434. The molecule has 0 aliphatic carbocycles. The maximum atomic E-state index is 12.3. The van der Waals surface area contributed by atoms with Crippen LogP contribution >= 0.6 is 0 Å². The number of rotatable bonds is 8. The second kappa shape index (κ2) is 11.2. The second-order valence-electron chi connectivity index (χ2n) is 9.73. The predicted molar refractivity (Wildman–Crippen MR) is 125 cm³/mol. The number of benzene rings is 1. The van der Waals surface area contributed by atoms with Crippen LogP contribution in [0.25, 0.3) is 0 Å². The molecule has 6 nitrogen and oxygen atoms in total. The van der Waals surface area contributed by atoms with E-state index in [1.54, 1.807) is 0 Å². The van der Waals surface area contributed by atoms with Crippen LogP contribution in [0.5, 0.6) is 0 Å². The largest absolute Gasteiger partial charge is 0.368 e. The van der Waals surface area contributed by atoms with Gasteiger partial charge >= 0.3 is 6.03 Å². The molecule has 1 heterocycles. The summed E-state index contributed by atoms with van der Waals surface area (Å²) >= 11 is 0. The lowest BCUT2D eigenvalue weighted by atomic mass is 9.84.